The molecular formula is C18H24N4OS. The second-order valence-electron chi connectivity index (χ2n) is 6.68. The van der Waals surface area contributed by atoms with Gasteiger partial charge in [0.2, 0.25) is 5.91 Å². The molecule has 1 aromatic carbocycles. The van der Waals surface area contributed by atoms with Crippen molar-refractivity contribution in [1.29, 1.82) is 0 Å². The average Bonchev–Trinajstić information content (AvgIpc) is 3.30. The van der Waals surface area contributed by atoms with Gasteiger partial charge in [0.1, 0.15) is 0 Å². The van der Waals surface area contributed by atoms with E-state index in [0.29, 0.717) is 23.2 Å². The third kappa shape index (κ3) is 3.43. The number of aromatic nitrogens is 3. The number of carbonyl (C=O) groups is 1. The summed E-state index contributed by atoms with van der Waals surface area (Å²) in [6.45, 7) is 7.54. The second-order valence-corrected chi connectivity index (χ2v) is 7.06. The number of rotatable bonds is 6. The minimum Gasteiger partial charge on any atom is -0.349 e. The monoisotopic (exact) mass is 344 g/mol. The van der Waals surface area contributed by atoms with Crippen molar-refractivity contribution in [2.24, 2.45) is 5.92 Å². The van der Waals surface area contributed by atoms with Crippen LogP contribution in [0.25, 0.3) is 0 Å². The maximum absolute atomic E-state index is 12.4. The van der Waals surface area contributed by atoms with Crippen molar-refractivity contribution in [1.82, 2.24) is 20.1 Å². The number of carbonyl (C=O) groups excluding carboxylic acids is 1. The number of amides is 1. The first-order valence-electron chi connectivity index (χ1n) is 8.53. The van der Waals surface area contributed by atoms with Crippen molar-refractivity contribution >= 4 is 18.1 Å². The van der Waals surface area contributed by atoms with Crippen molar-refractivity contribution in [3.63, 3.8) is 0 Å². The molecule has 1 amide bonds. The Labute approximate surface area is 147 Å². The molecule has 1 aromatic heterocycles. The number of aromatic amines is 1. The number of hydrogen-bond acceptors (Lipinski definition) is 3. The molecule has 0 aliphatic heterocycles. The van der Waals surface area contributed by atoms with Gasteiger partial charge in [-0.15, -0.1) is 0 Å². The number of hydrogen-bond donors (Lipinski definition) is 2. The number of nitrogens with one attached hydrogen (secondary N) is 2. The molecular weight excluding hydrogens is 320 g/mol. The van der Waals surface area contributed by atoms with Gasteiger partial charge in [0, 0.05) is 12.5 Å². The summed E-state index contributed by atoms with van der Waals surface area (Å²) >= 11 is 5.16. The third-order valence-corrected chi connectivity index (χ3v) is 5.04. The molecule has 5 nitrogen and oxygen atoms in total. The number of H-pyrrole nitrogens is 1. The van der Waals surface area contributed by atoms with Crippen LogP contribution in [0.15, 0.2) is 24.3 Å². The molecule has 1 heterocycles. The first-order valence-corrected chi connectivity index (χ1v) is 8.93. The van der Waals surface area contributed by atoms with Crippen LogP contribution in [0.4, 0.5) is 0 Å². The Balaban J connectivity index is 1.56. The molecule has 24 heavy (non-hydrogen) atoms. The van der Waals surface area contributed by atoms with Crippen LogP contribution < -0.4 is 5.32 Å². The predicted octanol–water partition coefficient (Wildman–Crippen LogP) is 3.50. The SMILES string of the molecule is CCn1c(CNC(=O)[C@@H]2C[C@@H]2c2ccc(C(C)C)cc2)n[nH]c1=S. The Bertz CT molecular complexity index is 775. The van der Waals surface area contributed by atoms with E-state index in [-0.39, 0.29) is 11.8 Å². The smallest absolute Gasteiger partial charge is 0.224 e. The van der Waals surface area contributed by atoms with Gasteiger partial charge in [-0.3, -0.25) is 9.89 Å². The van der Waals surface area contributed by atoms with E-state index in [4.69, 9.17) is 12.2 Å². The highest BCUT2D eigenvalue weighted by molar-refractivity contribution is 7.71. The van der Waals surface area contributed by atoms with Crippen molar-refractivity contribution in [3.05, 3.63) is 46.0 Å². The highest BCUT2D eigenvalue weighted by Gasteiger charge is 2.43. The fourth-order valence-corrected chi connectivity index (χ4v) is 3.37. The summed E-state index contributed by atoms with van der Waals surface area (Å²) < 4.78 is 2.49. The maximum atomic E-state index is 12.4. The Morgan fingerprint density at radius 1 is 1.42 bits per heavy atom. The van der Waals surface area contributed by atoms with E-state index in [9.17, 15) is 4.79 Å². The molecule has 0 bridgehead atoms. The lowest BCUT2D eigenvalue weighted by molar-refractivity contribution is -0.122. The Morgan fingerprint density at radius 3 is 2.75 bits per heavy atom. The fraction of sp³-hybridized carbons (Fsp3) is 0.500. The molecule has 1 fully saturated rings. The standard InChI is InChI=1S/C18H24N4OS/c1-4-22-16(20-21-18(22)24)10-19-17(23)15-9-14(15)13-7-5-12(6-8-13)11(2)3/h5-8,11,14-15H,4,9-10H2,1-3H3,(H,19,23)(H,21,24)/t14-,15-/m1/s1. The van der Waals surface area contributed by atoms with Gasteiger partial charge in [-0.1, -0.05) is 38.1 Å². The minimum atomic E-state index is 0.0758. The maximum Gasteiger partial charge on any atom is 0.224 e. The van der Waals surface area contributed by atoms with E-state index >= 15 is 0 Å². The van der Waals surface area contributed by atoms with Crippen LogP contribution in [-0.2, 0) is 17.9 Å². The van der Waals surface area contributed by atoms with Gasteiger partial charge in [0.05, 0.1) is 6.54 Å². The molecule has 0 spiro atoms. The van der Waals surface area contributed by atoms with Crippen molar-refractivity contribution in [2.75, 3.05) is 0 Å². The fourth-order valence-electron chi connectivity index (χ4n) is 3.09. The van der Waals surface area contributed by atoms with Crippen LogP contribution >= 0.6 is 12.2 Å². The minimum absolute atomic E-state index is 0.0758. The zero-order valence-corrected chi connectivity index (χ0v) is 15.2. The van der Waals surface area contributed by atoms with E-state index < -0.39 is 0 Å². The molecule has 1 saturated carbocycles. The second kappa shape index (κ2) is 6.89. The van der Waals surface area contributed by atoms with Gasteiger partial charge in [-0.25, -0.2) is 0 Å². The summed E-state index contributed by atoms with van der Waals surface area (Å²) in [5.74, 6) is 1.83. The van der Waals surface area contributed by atoms with Crippen LogP contribution in [0.1, 0.15) is 56.0 Å². The van der Waals surface area contributed by atoms with Crippen molar-refractivity contribution < 1.29 is 4.79 Å². The molecule has 0 saturated heterocycles. The quantitative estimate of drug-likeness (QED) is 0.788. The Kier molecular flexibility index (Phi) is 4.85. The van der Waals surface area contributed by atoms with E-state index in [0.717, 1.165) is 18.8 Å². The molecule has 0 radical (unpaired) electrons. The van der Waals surface area contributed by atoms with Gasteiger partial charge in [-0.2, -0.15) is 5.10 Å². The molecule has 2 aromatic rings. The number of nitrogens with zero attached hydrogens (tertiary/aromatic N) is 2. The lowest BCUT2D eigenvalue weighted by atomic mass is 10.00. The summed E-state index contributed by atoms with van der Waals surface area (Å²) in [5, 5.41) is 9.93. The average molecular weight is 344 g/mol. The third-order valence-electron chi connectivity index (χ3n) is 4.73. The van der Waals surface area contributed by atoms with Gasteiger partial charge in [-0.05, 0) is 48.5 Å². The first kappa shape index (κ1) is 16.9. The number of benzene rings is 1. The molecule has 3 rings (SSSR count). The highest BCUT2D eigenvalue weighted by atomic mass is 32.1. The topological polar surface area (TPSA) is 62.7 Å². The Morgan fingerprint density at radius 2 is 2.12 bits per heavy atom. The molecule has 0 unspecified atom stereocenters. The molecule has 6 heteroatoms. The summed E-state index contributed by atoms with van der Waals surface area (Å²) in [6, 6.07) is 8.67. The lowest BCUT2D eigenvalue weighted by Crippen LogP contribution is -2.26. The van der Waals surface area contributed by atoms with Crippen LogP contribution in [0.3, 0.4) is 0 Å². The zero-order valence-electron chi connectivity index (χ0n) is 14.4. The van der Waals surface area contributed by atoms with Crippen molar-refractivity contribution in [3.8, 4) is 0 Å². The van der Waals surface area contributed by atoms with E-state index in [1.165, 1.54) is 11.1 Å². The predicted molar refractivity (Wildman–Crippen MR) is 96.3 cm³/mol. The molecule has 2 N–H and O–H groups in total. The van der Waals surface area contributed by atoms with Crippen LogP contribution in [0, 0.1) is 10.7 Å². The summed E-state index contributed by atoms with van der Waals surface area (Å²) in [5.41, 5.74) is 2.60. The normalized spacial score (nSPS) is 19.5. The van der Waals surface area contributed by atoms with E-state index in [1.807, 2.05) is 11.5 Å². The van der Waals surface area contributed by atoms with Crippen LogP contribution in [0.5, 0.6) is 0 Å². The van der Waals surface area contributed by atoms with Gasteiger partial charge in [0.15, 0.2) is 10.6 Å². The molecule has 1 aliphatic rings. The van der Waals surface area contributed by atoms with Crippen LogP contribution in [-0.4, -0.2) is 20.7 Å². The largest absolute Gasteiger partial charge is 0.349 e. The molecule has 128 valence electrons. The Hall–Kier alpha value is -1.95. The van der Waals surface area contributed by atoms with Crippen LogP contribution in [0.2, 0.25) is 0 Å². The van der Waals surface area contributed by atoms with Gasteiger partial charge >= 0.3 is 0 Å². The summed E-state index contributed by atoms with van der Waals surface area (Å²) in [4.78, 5) is 12.4. The van der Waals surface area contributed by atoms with E-state index in [1.54, 1.807) is 0 Å². The van der Waals surface area contributed by atoms with Gasteiger partial charge < -0.3 is 9.88 Å². The summed E-state index contributed by atoms with van der Waals surface area (Å²) in [7, 11) is 0. The molecule has 2 atom stereocenters. The summed E-state index contributed by atoms with van der Waals surface area (Å²) in [6.07, 6.45) is 0.924. The zero-order chi connectivity index (χ0) is 17.3. The van der Waals surface area contributed by atoms with E-state index in [2.05, 4.69) is 53.6 Å². The van der Waals surface area contributed by atoms with Crippen molar-refractivity contribution in [2.45, 2.75) is 52.1 Å². The highest BCUT2D eigenvalue weighted by Crippen LogP contribution is 2.47. The van der Waals surface area contributed by atoms with Gasteiger partial charge in [0.25, 0.3) is 0 Å². The lowest BCUT2D eigenvalue weighted by Gasteiger charge is -2.08. The first-order chi connectivity index (χ1) is 11.5. The molecule has 1 aliphatic carbocycles.